The summed E-state index contributed by atoms with van der Waals surface area (Å²) in [5.74, 6) is -1.05. The van der Waals surface area contributed by atoms with Gasteiger partial charge in [-0.3, -0.25) is 9.35 Å². The molecule has 39 heavy (non-hydrogen) atoms. The molecule has 3 atom stereocenters. The van der Waals surface area contributed by atoms with Gasteiger partial charge in [0.25, 0.3) is 10.1 Å². The van der Waals surface area contributed by atoms with E-state index in [0.29, 0.717) is 34.4 Å². The summed E-state index contributed by atoms with van der Waals surface area (Å²) in [6.45, 7) is 0. The smallest absolute Gasteiger partial charge is 0.294 e. The topological polar surface area (TPSA) is 115 Å². The van der Waals surface area contributed by atoms with Crippen molar-refractivity contribution in [2.45, 2.75) is 29.9 Å². The Hall–Kier alpha value is -4.05. The van der Waals surface area contributed by atoms with Crippen LogP contribution >= 0.6 is 0 Å². The molecule has 1 aliphatic rings. The number of para-hydroxylation sites is 1. The minimum atomic E-state index is -4.32. The molecule has 0 spiro atoms. The van der Waals surface area contributed by atoms with E-state index in [1.165, 1.54) is 48.5 Å². The van der Waals surface area contributed by atoms with Crippen LogP contribution in [0.5, 0.6) is 5.75 Å². The Morgan fingerprint density at radius 1 is 0.872 bits per heavy atom. The maximum Gasteiger partial charge on any atom is 0.294 e. The molecular formula is C30H26FNO6S. The quantitative estimate of drug-likeness (QED) is 0.194. The number of halogens is 1. The third kappa shape index (κ3) is 5.42. The summed E-state index contributed by atoms with van der Waals surface area (Å²) < 4.78 is 45.2. The highest BCUT2D eigenvalue weighted by molar-refractivity contribution is 7.85. The molecule has 0 saturated carbocycles. The number of anilines is 1. The van der Waals surface area contributed by atoms with Gasteiger partial charge in [-0.25, -0.2) is 4.39 Å². The standard InChI is InChI=1S/C30H26FNO6S/c31-22-11-6-20(7-12-22)27(33)17-16-26-29(32(30(26)35)23-4-2-1-3-5-23)25-15-10-21(18-28(25)34)19-8-13-24(14-9-19)39(36,37)38/h1-15,18,26-27,29,33-34H,16-17H2,(H,36,37,38)/t26-,27?,29-/m1/s1. The molecule has 0 radical (unpaired) electrons. The molecule has 7 nitrogen and oxygen atoms in total. The highest BCUT2D eigenvalue weighted by Gasteiger charge is 2.49. The molecule has 1 saturated heterocycles. The van der Waals surface area contributed by atoms with Crippen LogP contribution in [0.2, 0.25) is 0 Å². The van der Waals surface area contributed by atoms with Crippen molar-refractivity contribution in [3.8, 4) is 16.9 Å². The number of nitrogens with zero attached hydrogens (tertiary/aromatic N) is 1. The lowest BCUT2D eigenvalue weighted by Gasteiger charge is -2.48. The van der Waals surface area contributed by atoms with E-state index in [-0.39, 0.29) is 23.0 Å². The lowest BCUT2D eigenvalue weighted by Crippen LogP contribution is -2.55. The molecule has 1 aliphatic heterocycles. The number of rotatable bonds is 8. The van der Waals surface area contributed by atoms with Crippen LogP contribution in [0.1, 0.15) is 36.1 Å². The Balaban J connectivity index is 1.42. The molecule has 0 bridgehead atoms. The lowest BCUT2D eigenvalue weighted by atomic mass is 9.77. The number of phenols is 1. The first-order valence-corrected chi connectivity index (χ1v) is 13.8. The van der Waals surface area contributed by atoms with Crippen molar-refractivity contribution in [3.05, 3.63) is 114 Å². The van der Waals surface area contributed by atoms with Crippen molar-refractivity contribution in [2.75, 3.05) is 4.90 Å². The van der Waals surface area contributed by atoms with E-state index in [2.05, 4.69) is 0 Å². The number of aromatic hydroxyl groups is 1. The molecule has 4 aromatic carbocycles. The van der Waals surface area contributed by atoms with Crippen LogP contribution < -0.4 is 4.90 Å². The summed E-state index contributed by atoms with van der Waals surface area (Å²) in [7, 11) is -4.32. The van der Waals surface area contributed by atoms with Gasteiger partial charge in [0.15, 0.2) is 0 Å². The second kappa shape index (κ2) is 10.6. The molecule has 1 amide bonds. The number of aliphatic hydroxyl groups excluding tert-OH is 1. The fourth-order valence-electron chi connectivity index (χ4n) is 5.04. The zero-order valence-corrected chi connectivity index (χ0v) is 21.5. The van der Waals surface area contributed by atoms with Crippen LogP contribution in [0.25, 0.3) is 11.1 Å². The van der Waals surface area contributed by atoms with E-state index in [0.717, 1.165) is 0 Å². The van der Waals surface area contributed by atoms with Gasteiger partial charge in [-0.15, -0.1) is 0 Å². The number of carbonyl (C=O) groups excluding carboxylic acids is 1. The summed E-state index contributed by atoms with van der Waals surface area (Å²) in [5.41, 5.74) is 3.04. The predicted octanol–water partition coefficient (Wildman–Crippen LogP) is 5.66. The fourth-order valence-corrected chi connectivity index (χ4v) is 5.52. The van der Waals surface area contributed by atoms with E-state index >= 15 is 0 Å². The number of aliphatic hydroxyl groups is 1. The Morgan fingerprint density at radius 2 is 1.51 bits per heavy atom. The number of β-lactam (4-membered cyclic amide) rings is 1. The molecule has 4 aromatic rings. The SMILES string of the molecule is O=C1[C@H](CCC(O)c2ccc(F)cc2)[C@@H](c2ccc(-c3ccc(S(=O)(=O)O)cc3)cc2O)N1c1ccccc1. The van der Waals surface area contributed by atoms with Gasteiger partial charge in [0.05, 0.1) is 23.0 Å². The third-order valence-electron chi connectivity index (χ3n) is 7.09. The van der Waals surface area contributed by atoms with Crippen molar-refractivity contribution in [3.63, 3.8) is 0 Å². The highest BCUT2D eigenvalue weighted by Crippen LogP contribution is 2.49. The second-order valence-corrected chi connectivity index (χ2v) is 10.9. The minimum absolute atomic E-state index is 0.0335. The number of carbonyl (C=O) groups is 1. The number of amides is 1. The monoisotopic (exact) mass is 547 g/mol. The highest BCUT2D eigenvalue weighted by atomic mass is 32.2. The predicted molar refractivity (Wildman–Crippen MR) is 144 cm³/mol. The molecule has 1 unspecified atom stereocenters. The first-order valence-electron chi connectivity index (χ1n) is 12.4. The third-order valence-corrected chi connectivity index (χ3v) is 7.96. The van der Waals surface area contributed by atoms with Crippen LogP contribution in [-0.4, -0.2) is 29.1 Å². The van der Waals surface area contributed by atoms with E-state index in [4.69, 9.17) is 0 Å². The normalized spacial score (nSPS) is 18.0. The number of benzene rings is 4. The van der Waals surface area contributed by atoms with E-state index in [1.54, 1.807) is 23.1 Å². The minimum Gasteiger partial charge on any atom is -0.508 e. The summed E-state index contributed by atoms with van der Waals surface area (Å²) in [5, 5.41) is 21.7. The van der Waals surface area contributed by atoms with E-state index in [9.17, 15) is 32.4 Å². The Morgan fingerprint density at radius 3 is 2.13 bits per heavy atom. The number of phenolic OH excluding ortho intramolecular Hbond substituents is 1. The lowest BCUT2D eigenvalue weighted by molar-refractivity contribution is -0.131. The molecule has 0 aromatic heterocycles. The maximum atomic E-state index is 13.3. The molecule has 0 aliphatic carbocycles. The van der Waals surface area contributed by atoms with Crippen LogP contribution in [0.4, 0.5) is 10.1 Å². The number of hydrogen-bond donors (Lipinski definition) is 3. The van der Waals surface area contributed by atoms with Gasteiger partial charge in [0.2, 0.25) is 5.91 Å². The molecule has 5 rings (SSSR count). The Labute approximate surface area is 225 Å². The van der Waals surface area contributed by atoms with Crippen molar-refractivity contribution in [1.29, 1.82) is 0 Å². The second-order valence-electron chi connectivity index (χ2n) is 9.51. The average molecular weight is 548 g/mol. The molecule has 1 fully saturated rings. The first-order chi connectivity index (χ1) is 18.6. The Bertz CT molecular complexity index is 1590. The van der Waals surface area contributed by atoms with Gasteiger partial charge in [-0.1, -0.05) is 54.6 Å². The van der Waals surface area contributed by atoms with Gasteiger partial charge >= 0.3 is 0 Å². The molecule has 3 N–H and O–H groups in total. The molecule has 1 heterocycles. The first kappa shape index (κ1) is 26.6. The number of hydrogen-bond acceptors (Lipinski definition) is 5. The molecular weight excluding hydrogens is 521 g/mol. The maximum absolute atomic E-state index is 13.3. The van der Waals surface area contributed by atoms with Gasteiger partial charge in [0.1, 0.15) is 11.6 Å². The molecule has 9 heteroatoms. The van der Waals surface area contributed by atoms with Crippen LogP contribution in [0.15, 0.2) is 102 Å². The van der Waals surface area contributed by atoms with Crippen LogP contribution in [0.3, 0.4) is 0 Å². The summed E-state index contributed by atoms with van der Waals surface area (Å²) >= 11 is 0. The summed E-state index contributed by atoms with van der Waals surface area (Å²) in [6.07, 6.45) is -0.240. The van der Waals surface area contributed by atoms with Gasteiger partial charge in [0, 0.05) is 11.3 Å². The van der Waals surface area contributed by atoms with E-state index < -0.39 is 34.0 Å². The van der Waals surface area contributed by atoms with Crippen molar-refractivity contribution >= 4 is 21.7 Å². The zero-order valence-electron chi connectivity index (χ0n) is 20.7. The van der Waals surface area contributed by atoms with Gasteiger partial charge in [-0.2, -0.15) is 8.42 Å². The van der Waals surface area contributed by atoms with Crippen LogP contribution in [-0.2, 0) is 14.9 Å². The van der Waals surface area contributed by atoms with E-state index in [1.807, 2.05) is 30.3 Å². The van der Waals surface area contributed by atoms with Crippen LogP contribution in [0, 0.1) is 11.7 Å². The zero-order chi connectivity index (χ0) is 27.7. The van der Waals surface area contributed by atoms with Crippen molar-refractivity contribution < 1.29 is 32.4 Å². The summed E-state index contributed by atoms with van der Waals surface area (Å²) in [4.78, 5) is 14.7. The van der Waals surface area contributed by atoms with Crippen molar-refractivity contribution in [1.82, 2.24) is 0 Å². The summed E-state index contributed by atoms with van der Waals surface area (Å²) in [6, 6.07) is 24.9. The Kier molecular flexibility index (Phi) is 7.22. The molecule has 200 valence electrons. The average Bonchev–Trinajstić information content (AvgIpc) is 2.92. The van der Waals surface area contributed by atoms with Gasteiger partial charge < -0.3 is 15.1 Å². The fraction of sp³-hybridized carbons (Fsp3) is 0.167. The largest absolute Gasteiger partial charge is 0.508 e. The van der Waals surface area contributed by atoms with Gasteiger partial charge in [-0.05, 0) is 72.0 Å². The van der Waals surface area contributed by atoms with Crippen molar-refractivity contribution in [2.24, 2.45) is 5.92 Å².